The first-order chi connectivity index (χ1) is 13.2. The summed E-state index contributed by atoms with van der Waals surface area (Å²) < 4.78 is 0. The Bertz CT molecular complexity index is 915. The summed E-state index contributed by atoms with van der Waals surface area (Å²) in [6, 6.07) is 12.1. The van der Waals surface area contributed by atoms with Crippen LogP contribution in [-0.4, -0.2) is 0 Å². The predicted octanol–water partition coefficient (Wildman–Crippen LogP) is 8.50. The van der Waals surface area contributed by atoms with Gasteiger partial charge < -0.3 is 0 Å². The molecule has 2 aromatic rings. The molecule has 0 saturated carbocycles. The first-order valence-electron chi connectivity index (χ1n) is 11.2. The van der Waals surface area contributed by atoms with E-state index in [4.69, 9.17) is 0 Å². The van der Waals surface area contributed by atoms with Gasteiger partial charge in [-0.25, -0.2) is 0 Å². The average molecular weight is 389 g/mol. The Morgan fingerprint density at radius 3 is 1.72 bits per heavy atom. The molecular weight excluding hydrogens is 348 g/mol. The van der Waals surface area contributed by atoms with Crippen LogP contribution in [0.2, 0.25) is 0 Å². The van der Waals surface area contributed by atoms with E-state index in [9.17, 15) is 0 Å². The standard InChI is InChI=1S/C29H40/c1-11-19-12-13-20-14-24(29(8,9)10)18-25(20)26(19)21-15-22(27(2,3)4)17-23(16-21)28(5,6)7/h12-13,15-18H,11,14H2,1-10H3. The molecule has 0 aromatic heterocycles. The third kappa shape index (κ3) is 4.37. The van der Waals surface area contributed by atoms with Gasteiger partial charge in [0, 0.05) is 0 Å². The van der Waals surface area contributed by atoms with Crippen LogP contribution in [-0.2, 0) is 23.7 Å². The number of fused-ring (bicyclic) bond motifs is 1. The van der Waals surface area contributed by atoms with E-state index in [0.717, 1.165) is 12.8 Å². The van der Waals surface area contributed by atoms with Crippen molar-refractivity contribution in [3.8, 4) is 11.1 Å². The second kappa shape index (κ2) is 7.15. The number of aryl methyl sites for hydroxylation is 1. The van der Waals surface area contributed by atoms with Gasteiger partial charge in [0.1, 0.15) is 0 Å². The molecule has 29 heavy (non-hydrogen) atoms. The van der Waals surface area contributed by atoms with Crippen molar-refractivity contribution >= 4 is 6.08 Å². The molecule has 3 rings (SSSR count). The van der Waals surface area contributed by atoms with Crippen molar-refractivity contribution in [2.24, 2.45) is 5.41 Å². The van der Waals surface area contributed by atoms with E-state index in [-0.39, 0.29) is 16.2 Å². The Kier molecular flexibility index (Phi) is 5.39. The molecule has 1 aliphatic carbocycles. The molecule has 0 unspecified atom stereocenters. The summed E-state index contributed by atoms with van der Waals surface area (Å²) in [6.45, 7) is 23.2. The summed E-state index contributed by atoms with van der Waals surface area (Å²) in [5.74, 6) is 0. The predicted molar refractivity (Wildman–Crippen MR) is 130 cm³/mol. The highest BCUT2D eigenvalue weighted by atomic mass is 14.3. The minimum Gasteiger partial charge on any atom is -0.0613 e. The van der Waals surface area contributed by atoms with Gasteiger partial charge in [0.25, 0.3) is 0 Å². The third-order valence-corrected chi connectivity index (χ3v) is 6.42. The van der Waals surface area contributed by atoms with Gasteiger partial charge in [-0.3, -0.25) is 0 Å². The zero-order valence-electron chi connectivity index (χ0n) is 20.4. The highest BCUT2D eigenvalue weighted by molar-refractivity contribution is 5.84. The van der Waals surface area contributed by atoms with Crippen LogP contribution in [0.4, 0.5) is 0 Å². The van der Waals surface area contributed by atoms with Crippen LogP contribution in [0.5, 0.6) is 0 Å². The Hall–Kier alpha value is -1.82. The monoisotopic (exact) mass is 388 g/mol. The fourth-order valence-electron chi connectivity index (χ4n) is 4.21. The molecule has 0 fully saturated rings. The normalized spacial score (nSPS) is 14.8. The lowest BCUT2D eigenvalue weighted by molar-refractivity contribution is 0.498. The SMILES string of the molecule is CCc1ccc2c(c1-c1cc(C(C)(C)C)cc(C(C)(C)C)c1)C=C(C(C)(C)C)C2. The van der Waals surface area contributed by atoms with Gasteiger partial charge in [0.2, 0.25) is 0 Å². The summed E-state index contributed by atoms with van der Waals surface area (Å²) in [5.41, 5.74) is 12.1. The second-order valence-electron chi connectivity index (χ2n) is 11.9. The Labute approximate surface area is 179 Å². The Morgan fingerprint density at radius 1 is 0.724 bits per heavy atom. The van der Waals surface area contributed by atoms with Crippen molar-refractivity contribution in [1.82, 2.24) is 0 Å². The molecule has 0 saturated heterocycles. The molecule has 0 amide bonds. The quantitative estimate of drug-likeness (QED) is 0.484. The van der Waals surface area contributed by atoms with Gasteiger partial charge in [0.05, 0.1) is 0 Å². The molecule has 0 bridgehead atoms. The van der Waals surface area contributed by atoms with Gasteiger partial charge in [-0.1, -0.05) is 111 Å². The highest BCUT2D eigenvalue weighted by Crippen LogP contribution is 2.43. The maximum Gasteiger partial charge on any atom is -0.00523 e. The van der Waals surface area contributed by atoms with Crippen LogP contribution < -0.4 is 0 Å². The van der Waals surface area contributed by atoms with Crippen LogP contribution in [0.15, 0.2) is 35.9 Å². The van der Waals surface area contributed by atoms with Gasteiger partial charge in [0.15, 0.2) is 0 Å². The molecule has 0 heteroatoms. The minimum absolute atomic E-state index is 0.132. The summed E-state index contributed by atoms with van der Waals surface area (Å²) in [6.07, 6.45) is 4.64. The molecule has 0 radical (unpaired) electrons. The van der Waals surface area contributed by atoms with Crippen molar-refractivity contribution in [2.75, 3.05) is 0 Å². The van der Waals surface area contributed by atoms with Gasteiger partial charge in [-0.2, -0.15) is 0 Å². The lowest BCUT2D eigenvalue weighted by atomic mass is 9.78. The van der Waals surface area contributed by atoms with E-state index in [1.807, 2.05) is 0 Å². The molecule has 0 atom stereocenters. The number of hydrogen-bond donors (Lipinski definition) is 0. The van der Waals surface area contributed by atoms with Crippen LogP contribution >= 0.6 is 0 Å². The van der Waals surface area contributed by atoms with Gasteiger partial charge >= 0.3 is 0 Å². The van der Waals surface area contributed by atoms with E-state index in [2.05, 4.69) is 106 Å². The topological polar surface area (TPSA) is 0 Å². The first-order valence-corrected chi connectivity index (χ1v) is 11.2. The van der Waals surface area contributed by atoms with Crippen LogP contribution in [0, 0.1) is 5.41 Å². The van der Waals surface area contributed by atoms with Crippen molar-refractivity contribution in [3.63, 3.8) is 0 Å². The van der Waals surface area contributed by atoms with Crippen molar-refractivity contribution < 1.29 is 0 Å². The van der Waals surface area contributed by atoms with Crippen molar-refractivity contribution in [1.29, 1.82) is 0 Å². The second-order valence-corrected chi connectivity index (χ2v) is 11.9. The van der Waals surface area contributed by atoms with Crippen LogP contribution in [0.3, 0.4) is 0 Å². The fourth-order valence-corrected chi connectivity index (χ4v) is 4.21. The molecule has 0 N–H and O–H groups in total. The molecule has 0 heterocycles. The highest BCUT2D eigenvalue weighted by Gasteiger charge is 2.27. The number of allylic oxidation sites excluding steroid dienone is 1. The molecule has 0 nitrogen and oxygen atoms in total. The van der Waals surface area contributed by atoms with Gasteiger partial charge in [-0.05, 0) is 68.0 Å². The summed E-state index contributed by atoms with van der Waals surface area (Å²) in [5, 5.41) is 0. The molecule has 1 aliphatic rings. The molecular formula is C29H40. The van der Waals surface area contributed by atoms with E-state index >= 15 is 0 Å². The first kappa shape index (κ1) is 21.9. The van der Waals surface area contributed by atoms with Crippen LogP contribution in [0.1, 0.15) is 97.1 Å². The average Bonchev–Trinajstić information content (AvgIpc) is 3.03. The molecule has 0 aliphatic heterocycles. The minimum atomic E-state index is 0.132. The fraction of sp³-hybridized carbons (Fsp3) is 0.517. The smallest absolute Gasteiger partial charge is 0.00523 e. The number of rotatable bonds is 2. The molecule has 156 valence electrons. The molecule has 0 spiro atoms. The van der Waals surface area contributed by atoms with Gasteiger partial charge in [-0.15, -0.1) is 0 Å². The number of benzene rings is 2. The largest absolute Gasteiger partial charge is 0.0613 e. The lowest BCUT2D eigenvalue weighted by Gasteiger charge is -2.27. The van der Waals surface area contributed by atoms with E-state index in [0.29, 0.717) is 0 Å². The Balaban J connectivity index is 2.32. The van der Waals surface area contributed by atoms with E-state index in [1.165, 1.54) is 38.9 Å². The summed E-state index contributed by atoms with van der Waals surface area (Å²) in [4.78, 5) is 0. The van der Waals surface area contributed by atoms with Crippen LogP contribution in [0.25, 0.3) is 17.2 Å². The molecule has 2 aromatic carbocycles. The van der Waals surface area contributed by atoms with E-state index < -0.39 is 0 Å². The zero-order valence-corrected chi connectivity index (χ0v) is 20.4. The van der Waals surface area contributed by atoms with E-state index in [1.54, 1.807) is 5.57 Å². The van der Waals surface area contributed by atoms with Crippen molar-refractivity contribution in [3.05, 3.63) is 63.7 Å². The maximum atomic E-state index is 2.49. The maximum absolute atomic E-state index is 2.49. The summed E-state index contributed by atoms with van der Waals surface area (Å²) in [7, 11) is 0. The summed E-state index contributed by atoms with van der Waals surface area (Å²) >= 11 is 0. The zero-order chi connectivity index (χ0) is 21.8. The number of hydrogen-bond acceptors (Lipinski definition) is 0. The Morgan fingerprint density at radius 2 is 1.28 bits per heavy atom. The third-order valence-electron chi connectivity index (χ3n) is 6.42. The van der Waals surface area contributed by atoms with Crippen molar-refractivity contribution in [2.45, 2.75) is 92.9 Å². The lowest BCUT2D eigenvalue weighted by Crippen LogP contribution is -2.16.